The Morgan fingerprint density at radius 2 is 1.74 bits per heavy atom. The summed E-state index contributed by atoms with van der Waals surface area (Å²) < 4.78 is 48.5. The highest BCUT2D eigenvalue weighted by Gasteiger charge is 2.36. The van der Waals surface area contributed by atoms with Crippen molar-refractivity contribution in [2.45, 2.75) is 44.8 Å². The maximum Gasteiger partial charge on any atom is 0.422 e. The molecule has 0 bridgehead atoms. The zero-order valence-electron chi connectivity index (χ0n) is 23.0. The number of alkyl halides is 3. The fraction of sp³-hybridized carbons (Fsp3) is 0.355. The van der Waals surface area contributed by atoms with Gasteiger partial charge in [0.05, 0.1) is 23.3 Å². The molecule has 0 radical (unpaired) electrons. The molecule has 0 aromatic heterocycles. The van der Waals surface area contributed by atoms with Crippen LogP contribution in [0, 0.1) is 0 Å². The van der Waals surface area contributed by atoms with Gasteiger partial charge in [0.25, 0.3) is 5.91 Å². The number of hydrogen-bond donors (Lipinski definition) is 0. The molecule has 0 N–H and O–H groups in total. The summed E-state index contributed by atoms with van der Waals surface area (Å²) in [7, 11) is 0. The lowest BCUT2D eigenvalue weighted by Crippen LogP contribution is -2.49. The molecule has 2 heterocycles. The average molecular weight is 602 g/mol. The summed E-state index contributed by atoms with van der Waals surface area (Å²) in [5.41, 5.74) is 2.63. The monoisotopic (exact) mass is 601 g/mol. The molecule has 3 aromatic rings. The van der Waals surface area contributed by atoms with Crippen molar-refractivity contribution < 1.29 is 32.2 Å². The summed E-state index contributed by atoms with van der Waals surface area (Å²) in [5, 5.41) is -0.0272. The Morgan fingerprint density at radius 1 is 1.00 bits per heavy atom. The molecule has 0 saturated carbocycles. The third-order valence-electron chi connectivity index (χ3n) is 7.41. The van der Waals surface area contributed by atoms with E-state index in [4.69, 9.17) is 21.1 Å². The molecule has 3 amide bonds. The fourth-order valence-corrected chi connectivity index (χ4v) is 5.49. The fourth-order valence-electron chi connectivity index (χ4n) is 5.23. The Balaban J connectivity index is 1.29. The Hall–Kier alpha value is -3.76. The first-order valence-corrected chi connectivity index (χ1v) is 14.1. The summed E-state index contributed by atoms with van der Waals surface area (Å²) in [4.78, 5) is 32.6. The van der Waals surface area contributed by atoms with Gasteiger partial charge in [-0.25, -0.2) is 4.79 Å². The lowest BCUT2D eigenvalue weighted by atomic mass is 10.1. The Bertz CT molecular complexity index is 1420. The summed E-state index contributed by atoms with van der Waals surface area (Å²) in [5.74, 6) is -0.515. The summed E-state index contributed by atoms with van der Waals surface area (Å²) >= 11 is 6.35. The van der Waals surface area contributed by atoms with Crippen LogP contribution in [0.3, 0.4) is 0 Å². The molecule has 2 aliphatic rings. The van der Waals surface area contributed by atoms with Gasteiger partial charge in [-0.3, -0.25) is 4.79 Å². The van der Waals surface area contributed by atoms with Crippen LogP contribution < -0.4 is 9.64 Å². The number of benzene rings is 3. The van der Waals surface area contributed by atoms with Gasteiger partial charge in [-0.1, -0.05) is 60.1 Å². The Morgan fingerprint density at radius 3 is 2.48 bits per heavy atom. The molecule has 2 atom stereocenters. The zero-order valence-corrected chi connectivity index (χ0v) is 23.8. The van der Waals surface area contributed by atoms with Crippen molar-refractivity contribution in [1.29, 1.82) is 0 Å². The second-order valence-corrected chi connectivity index (χ2v) is 10.9. The molecular weight excluding hydrogens is 571 g/mol. The average Bonchev–Trinajstić information content (AvgIpc) is 3.39. The van der Waals surface area contributed by atoms with E-state index in [0.717, 1.165) is 17.5 Å². The van der Waals surface area contributed by atoms with Crippen LogP contribution in [-0.4, -0.2) is 66.3 Å². The summed E-state index contributed by atoms with van der Waals surface area (Å²) in [6.07, 6.45) is -3.82. The molecule has 1 saturated heterocycles. The molecule has 11 heteroatoms. The number of fused-ring (bicyclic) bond motifs is 1. The number of urea groups is 1. The van der Waals surface area contributed by atoms with Gasteiger partial charge in [-0.15, -0.1) is 0 Å². The number of halogens is 4. The number of likely N-dealkylation sites (tertiary alicyclic amines) is 1. The van der Waals surface area contributed by atoms with Gasteiger partial charge in [-0.05, 0) is 48.7 Å². The highest BCUT2D eigenvalue weighted by atomic mass is 35.5. The van der Waals surface area contributed by atoms with Crippen LogP contribution in [0.5, 0.6) is 5.75 Å². The number of hydrogen-bond acceptors (Lipinski definition) is 4. The number of para-hydroxylation sites is 1. The van der Waals surface area contributed by atoms with Gasteiger partial charge in [0.1, 0.15) is 5.75 Å². The number of carbonyl (C=O) groups excluding carboxylic acids is 2. The lowest BCUT2D eigenvalue weighted by Gasteiger charge is -2.32. The largest absolute Gasteiger partial charge is 0.484 e. The zero-order chi connectivity index (χ0) is 29.9. The molecule has 0 unspecified atom stereocenters. The minimum absolute atomic E-state index is 0.0272. The number of ether oxygens (including phenoxy) is 2. The molecule has 222 valence electrons. The Labute approximate surface area is 247 Å². The van der Waals surface area contributed by atoms with Crippen LogP contribution >= 0.6 is 11.6 Å². The molecule has 5 rings (SSSR count). The van der Waals surface area contributed by atoms with E-state index in [1.807, 2.05) is 61.5 Å². The van der Waals surface area contributed by atoms with Gasteiger partial charge in [0, 0.05) is 37.9 Å². The Kier molecular flexibility index (Phi) is 8.93. The highest BCUT2D eigenvalue weighted by Crippen LogP contribution is 2.32. The first-order chi connectivity index (χ1) is 20.1. The molecule has 0 aliphatic carbocycles. The van der Waals surface area contributed by atoms with Gasteiger partial charge in [-0.2, -0.15) is 13.2 Å². The van der Waals surface area contributed by atoms with Gasteiger partial charge in [0.2, 0.25) is 0 Å². The van der Waals surface area contributed by atoms with Crippen LogP contribution in [0.15, 0.2) is 72.8 Å². The van der Waals surface area contributed by atoms with E-state index in [1.165, 1.54) is 18.2 Å². The van der Waals surface area contributed by atoms with Crippen LogP contribution in [0.25, 0.3) is 0 Å². The van der Waals surface area contributed by atoms with Gasteiger partial charge in [0.15, 0.2) is 6.61 Å². The lowest BCUT2D eigenvalue weighted by molar-refractivity contribution is -0.153. The predicted octanol–water partition coefficient (Wildman–Crippen LogP) is 6.54. The molecule has 1 fully saturated rings. The molecule has 42 heavy (non-hydrogen) atoms. The number of rotatable bonds is 6. The number of amides is 3. The molecule has 0 spiro atoms. The van der Waals surface area contributed by atoms with Crippen LogP contribution in [0.1, 0.15) is 34.8 Å². The second-order valence-electron chi connectivity index (χ2n) is 10.5. The van der Waals surface area contributed by atoms with Crippen molar-refractivity contribution >= 4 is 29.2 Å². The number of anilines is 1. The van der Waals surface area contributed by atoms with Crippen molar-refractivity contribution in [2.75, 3.05) is 31.1 Å². The van der Waals surface area contributed by atoms with Gasteiger partial charge < -0.3 is 24.2 Å². The SMILES string of the molecule is C[C@@H]1CN(C(=O)c2ccc(OCC(F)(F)F)cc2Cl)c2ccccc2CN1C(=O)N1CC[C@H](OCc2ccccc2)C1. The highest BCUT2D eigenvalue weighted by molar-refractivity contribution is 6.34. The van der Waals surface area contributed by atoms with Crippen molar-refractivity contribution in [1.82, 2.24) is 9.80 Å². The van der Waals surface area contributed by atoms with Gasteiger partial charge >= 0.3 is 12.2 Å². The second kappa shape index (κ2) is 12.6. The summed E-state index contributed by atoms with van der Waals surface area (Å²) in [6, 6.07) is 20.6. The van der Waals surface area contributed by atoms with E-state index in [1.54, 1.807) is 14.7 Å². The number of carbonyl (C=O) groups is 2. The van der Waals surface area contributed by atoms with E-state index < -0.39 is 18.7 Å². The maximum absolute atomic E-state index is 13.8. The van der Waals surface area contributed by atoms with E-state index in [9.17, 15) is 22.8 Å². The minimum atomic E-state index is -4.50. The number of nitrogens with zero attached hydrogens (tertiary/aromatic N) is 3. The van der Waals surface area contributed by atoms with Crippen LogP contribution in [0.4, 0.5) is 23.7 Å². The van der Waals surface area contributed by atoms with E-state index in [-0.39, 0.29) is 41.1 Å². The molecule has 3 aromatic carbocycles. The summed E-state index contributed by atoms with van der Waals surface area (Å²) in [6.45, 7) is 2.47. The maximum atomic E-state index is 13.8. The quantitative estimate of drug-likeness (QED) is 0.322. The molecule has 2 aliphatic heterocycles. The van der Waals surface area contributed by atoms with E-state index >= 15 is 0 Å². The van der Waals surface area contributed by atoms with Crippen molar-refractivity contribution in [3.8, 4) is 5.75 Å². The molecule has 7 nitrogen and oxygen atoms in total. The predicted molar refractivity (Wildman–Crippen MR) is 153 cm³/mol. The minimum Gasteiger partial charge on any atom is -0.484 e. The molecular formula is C31H31ClF3N3O4. The first-order valence-electron chi connectivity index (χ1n) is 13.7. The van der Waals surface area contributed by atoms with E-state index in [0.29, 0.717) is 31.9 Å². The topological polar surface area (TPSA) is 62.3 Å². The standard InChI is InChI=1S/C31H31ClF3N3O4/c1-21-16-38(29(39)26-12-11-24(15-27(26)32)42-20-31(33,34)35)28-10-6-5-9-23(28)17-37(21)30(40)36-14-13-25(18-36)41-19-22-7-3-2-4-8-22/h2-12,15,21,25H,13-14,16-20H2,1H3/t21-,25+/m1/s1. The van der Waals surface area contributed by atoms with Crippen molar-refractivity contribution in [2.24, 2.45) is 0 Å². The normalized spacial score (nSPS) is 18.9. The smallest absolute Gasteiger partial charge is 0.422 e. The first kappa shape index (κ1) is 29.7. The van der Waals surface area contributed by atoms with Crippen LogP contribution in [0.2, 0.25) is 5.02 Å². The van der Waals surface area contributed by atoms with E-state index in [2.05, 4.69) is 0 Å². The van der Waals surface area contributed by atoms with Crippen molar-refractivity contribution in [3.63, 3.8) is 0 Å². The van der Waals surface area contributed by atoms with Crippen LogP contribution in [-0.2, 0) is 17.9 Å². The third-order valence-corrected chi connectivity index (χ3v) is 7.72. The third kappa shape index (κ3) is 6.99. The van der Waals surface area contributed by atoms with Crippen molar-refractivity contribution in [3.05, 3.63) is 94.5 Å².